The van der Waals surface area contributed by atoms with Gasteiger partial charge in [-0.3, -0.25) is 0 Å². The van der Waals surface area contributed by atoms with Crippen LogP contribution in [-0.2, 0) is 0 Å². The van der Waals surface area contributed by atoms with Gasteiger partial charge in [-0.25, -0.2) is 4.98 Å². The molecule has 1 aromatic rings. The quantitative estimate of drug-likeness (QED) is 0.768. The smallest absolute Gasteiger partial charge is 0.226 e. The predicted molar refractivity (Wildman–Crippen MR) is 75.0 cm³/mol. The second-order valence-electron chi connectivity index (χ2n) is 4.86. The molecule has 1 aromatic heterocycles. The number of anilines is 1. The van der Waals surface area contributed by atoms with Crippen LogP contribution in [-0.4, -0.2) is 22.6 Å². The number of rotatable bonds is 8. The monoisotopic (exact) mass is 251 g/mol. The highest BCUT2D eigenvalue weighted by Gasteiger charge is 2.08. The van der Waals surface area contributed by atoms with Gasteiger partial charge in [0.05, 0.1) is 6.61 Å². The summed E-state index contributed by atoms with van der Waals surface area (Å²) in [6.45, 7) is 9.41. The number of hydrogen-bond acceptors (Lipinski definition) is 4. The summed E-state index contributed by atoms with van der Waals surface area (Å²) in [5.74, 6) is 2.01. The van der Waals surface area contributed by atoms with Crippen LogP contribution < -0.4 is 10.1 Å². The first-order chi connectivity index (χ1) is 8.65. The molecule has 0 bridgehead atoms. The van der Waals surface area contributed by atoms with E-state index in [-0.39, 0.29) is 0 Å². The zero-order valence-electron chi connectivity index (χ0n) is 11.9. The summed E-state index contributed by atoms with van der Waals surface area (Å²) in [5, 5.41) is 3.32. The van der Waals surface area contributed by atoms with Crippen LogP contribution in [0.3, 0.4) is 0 Å². The average molecular weight is 251 g/mol. The van der Waals surface area contributed by atoms with E-state index in [9.17, 15) is 0 Å². The Morgan fingerprint density at radius 1 is 1.33 bits per heavy atom. The van der Waals surface area contributed by atoms with E-state index in [0.29, 0.717) is 30.4 Å². The Labute approximate surface area is 110 Å². The van der Waals surface area contributed by atoms with Gasteiger partial charge in [0.25, 0.3) is 0 Å². The van der Waals surface area contributed by atoms with Gasteiger partial charge < -0.3 is 10.1 Å². The van der Waals surface area contributed by atoms with Crippen molar-refractivity contribution in [3.63, 3.8) is 0 Å². The van der Waals surface area contributed by atoms with Gasteiger partial charge in [0.1, 0.15) is 0 Å². The number of nitrogens with one attached hydrogen (secondary N) is 1. The molecule has 18 heavy (non-hydrogen) atoms. The molecule has 0 fully saturated rings. The second kappa shape index (κ2) is 7.90. The Morgan fingerprint density at radius 3 is 2.78 bits per heavy atom. The Bertz CT molecular complexity index is 344. The normalized spacial score (nSPS) is 14.0. The molecule has 4 heteroatoms. The van der Waals surface area contributed by atoms with Crippen molar-refractivity contribution < 1.29 is 4.74 Å². The largest absolute Gasteiger partial charge is 0.478 e. The molecule has 0 aliphatic carbocycles. The Morgan fingerprint density at radius 2 is 2.11 bits per heavy atom. The van der Waals surface area contributed by atoms with Gasteiger partial charge in [0.15, 0.2) is 0 Å². The van der Waals surface area contributed by atoms with Crippen molar-refractivity contribution in [3.05, 3.63) is 12.3 Å². The van der Waals surface area contributed by atoms with E-state index < -0.39 is 0 Å². The van der Waals surface area contributed by atoms with Crippen molar-refractivity contribution in [2.45, 2.75) is 53.0 Å². The molecular formula is C14H25N3O. The lowest BCUT2D eigenvalue weighted by atomic mass is 10.0. The fourth-order valence-electron chi connectivity index (χ4n) is 1.75. The predicted octanol–water partition coefficient (Wildman–Crippen LogP) is 3.50. The topological polar surface area (TPSA) is 47.0 Å². The van der Waals surface area contributed by atoms with Crippen molar-refractivity contribution >= 4 is 5.95 Å². The van der Waals surface area contributed by atoms with Crippen LogP contribution in [0.4, 0.5) is 5.95 Å². The SMILES string of the molecule is CCCOc1ccnc(NC(C)CC(C)CC)n1. The first-order valence-corrected chi connectivity index (χ1v) is 6.88. The molecule has 1 heterocycles. The molecule has 0 saturated heterocycles. The molecule has 0 amide bonds. The van der Waals surface area contributed by atoms with Gasteiger partial charge >= 0.3 is 0 Å². The van der Waals surface area contributed by atoms with Crippen LogP contribution >= 0.6 is 0 Å². The third-order valence-electron chi connectivity index (χ3n) is 2.91. The van der Waals surface area contributed by atoms with Crippen LogP contribution in [0.1, 0.15) is 47.0 Å². The van der Waals surface area contributed by atoms with E-state index in [4.69, 9.17) is 4.74 Å². The first-order valence-electron chi connectivity index (χ1n) is 6.88. The highest BCUT2D eigenvalue weighted by Crippen LogP contribution is 2.14. The lowest BCUT2D eigenvalue weighted by Crippen LogP contribution is -2.19. The van der Waals surface area contributed by atoms with Crippen LogP contribution in [0.2, 0.25) is 0 Å². The molecule has 0 spiro atoms. The third kappa shape index (κ3) is 5.34. The fourth-order valence-corrected chi connectivity index (χ4v) is 1.75. The maximum Gasteiger partial charge on any atom is 0.226 e. The molecule has 1 N–H and O–H groups in total. The standard InChI is InChI=1S/C14H25N3O/c1-5-9-18-13-7-8-15-14(17-13)16-12(4)10-11(3)6-2/h7-8,11-12H,5-6,9-10H2,1-4H3,(H,15,16,17). The molecule has 0 aliphatic rings. The highest BCUT2D eigenvalue weighted by molar-refractivity contribution is 5.28. The second-order valence-corrected chi connectivity index (χ2v) is 4.86. The molecule has 0 aliphatic heterocycles. The lowest BCUT2D eigenvalue weighted by Gasteiger charge is -2.17. The third-order valence-corrected chi connectivity index (χ3v) is 2.91. The molecule has 2 unspecified atom stereocenters. The van der Waals surface area contributed by atoms with Crippen molar-refractivity contribution in [2.75, 3.05) is 11.9 Å². The zero-order chi connectivity index (χ0) is 13.4. The molecule has 102 valence electrons. The van der Waals surface area contributed by atoms with Gasteiger partial charge in [-0.2, -0.15) is 4.98 Å². The Balaban J connectivity index is 2.50. The van der Waals surface area contributed by atoms with Gasteiger partial charge in [-0.15, -0.1) is 0 Å². The maximum atomic E-state index is 5.49. The van der Waals surface area contributed by atoms with Gasteiger partial charge in [-0.05, 0) is 25.7 Å². The highest BCUT2D eigenvalue weighted by atomic mass is 16.5. The zero-order valence-corrected chi connectivity index (χ0v) is 11.9. The molecule has 0 radical (unpaired) electrons. The van der Waals surface area contributed by atoms with Crippen molar-refractivity contribution in [3.8, 4) is 5.88 Å². The van der Waals surface area contributed by atoms with Crippen molar-refractivity contribution in [1.29, 1.82) is 0 Å². The average Bonchev–Trinajstić information content (AvgIpc) is 2.36. The molecule has 0 aromatic carbocycles. The van der Waals surface area contributed by atoms with E-state index in [1.807, 2.05) is 0 Å². The summed E-state index contributed by atoms with van der Waals surface area (Å²) < 4.78 is 5.49. The summed E-state index contributed by atoms with van der Waals surface area (Å²) in [4.78, 5) is 8.56. The van der Waals surface area contributed by atoms with E-state index in [1.165, 1.54) is 6.42 Å². The minimum absolute atomic E-state index is 0.376. The van der Waals surface area contributed by atoms with E-state index in [0.717, 1.165) is 12.8 Å². The molecule has 1 rings (SSSR count). The maximum absolute atomic E-state index is 5.49. The molecule has 4 nitrogen and oxygen atoms in total. The minimum atomic E-state index is 0.376. The van der Waals surface area contributed by atoms with Gasteiger partial charge in [0, 0.05) is 18.3 Å². The van der Waals surface area contributed by atoms with Crippen molar-refractivity contribution in [1.82, 2.24) is 9.97 Å². The first kappa shape index (κ1) is 14.7. The molecular weight excluding hydrogens is 226 g/mol. The van der Waals surface area contributed by atoms with E-state index >= 15 is 0 Å². The number of nitrogens with zero attached hydrogens (tertiary/aromatic N) is 2. The van der Waals surface area contributed by atoms with Crippen LogP contribution in [0.15, 0.2) is 12.3 Å². The van der Waals surface area contributed by atoms with Crippen LogP contribution in [0.25, 0.3) is 0 Å². The van der Waals surface area contributed by atoms with E-state index in [2.05, 4.69) is 43.0 Å². The number of hydrogen-bond donors (Lipinski definition) is 1. The number of ether oxygens (including phenoxy) is 1. The summed E-state index contributed by atoms with van der Waals surface area (Å²) in [6.07, 6.45) is 5.04. The van der Waals surface area contributed by atoms with Crippen LogP contribution in [0, 0.1) is 5.92 Å². The summed E-state index contributed by atoms with van der Waals surface area (Å²) >= 11 is 0. The number of aromatic nitrogens is 2. The molecule has 2 atom stereocenters. The summed E-state index contributed by atoms with van der Waals surface area (Å²) in [7, 11) is 0. The minimum Gasteiger partial charge on any atom is -0.478 e. The Hall–Kier alpha value is -1.32. The van der Waals surface area contributed by atoms with Gasteiger partial charge in [-0.1, -0.05) is 27.2 Å². The Kier molecular flexibility index (Phi) is 6.47. The summed E-state index contributed by atoms with van der Waals surface area (Å²) in [6, 6.07) is 2.17. The fraction of sp³-hybridized carbons (Fsp3) is 0.714. The lowest BCUT2D eigenvalue weighted by molar-refractivity contribution is 0.305. The summed E-state index contributed by atoms with van der Waals surface area (Å²) in [5.41, 5.74) is 0. The van der Waals surface area contributed by atoms with E-state index in [1.54, 1.807) is 12.3 Å². The molecule has 0 saturated carbocycles. The van der Waals surface area contributed by atoms with Crippen molar-refractivity contribution in [2.24, 2.45) is 5.92 Å². The van der Waals surface area contributed by atoms with Gasteiger partial charge in [0.2, 0.25) is 11.8 Å². The van der Waals surface area contributed by atoms with Crippen LogP contribution in [0.5, 0.6) is 5.88 Å².